The van der Waals surface area contributed by atoms with Crippen LogP contribution in [-0.2, 0) is 11.0 Å². The van der Waals surface area contributed by atoms with E-state index in [0.717, 1.165) is 11.6 Å². The van der Waals surface area contributed by atoms with E-state index in [0.29, 0.717) is 28.3 Å². The minimum Gasteiger partial charge on any atom is -0.355 e. The summed E-state index contributed by atoms with van der Waals surface area (Å²) in [5, 5.41) is 16.0. The number of rotatable bonds is 4. The van der Waals surface area contributed by atoms with Gasteiger partial charge in [0, 0.05) is 11.3 Å². The number of anilines is 1. The highest BCUT2D eigenvalue weighted by Crippen LogP contribution is 2.36. The van der Waals surface area contributed by atoms with Gasteiger partial charge in [-0.15, -0.1) is 0 Å². The molecule has 0 saturated heterocycles. The normalized spacial score (nSPS) is 11.9. The molecule has 164 valence electrons. The Bertz CT molecular complexity index is 1420. The predicted molar refractivity (Wildman–Crippen MR) is 118 cm³/mol. The van der Waals surface area contributed by atoms with Crippen LogP contribution in [0.4, 0.5) is 18.9 Å². The number of carbonyl (C=O) groups excluding carboxylic acids is 1. The highest BCUT2D eigenvalue weighted by atomic mass is 35.5. The molecule has 0 atom stereocenters. The third-order valence-corrected chi connectivity index (χ3v) is 5.07. The van der Waals surface area contributed by atoms with Crippen LogP contribution in [-0.4, -0.2) is 11.1 Å². The summed E-state index contributed by atoms with van der Waals surface area (Å²) >= 11 is 5.60. The Kier molecular flexibility index (Phi) is 5.90. The van der Waals surface area contributed by atoms with E-state index in [1.807, 2.05) is 30.3 Å². The first kappa shape index (κ1) is 22.1. The summed E-state index contributed by atoms with van der Waals surface area (Å²) in [4.78, 5) is 12.5. The molecule has 1 N–H and O–H groups in total. The van der Waals surface area contributed by atoms with Gasteiger partial charge in [0.05, 0.1) is 16.0 Å². The van der Waals surface area contributed by atoms with Gasteiger partial charge in [0.25, 0.3) is 5.91 Å². The number of halogens is 4. The van der Waals surface area contributed by atoms with Crippen molar-refractivity contribution < 1.29 is 22.5 Å². The van der Waals surface area contributed by atoms with Gasteiger partial charge < -0.3 is 9.84 Å². The summed E-state index contributed by atoms with van der Waals surface area (Å²) < 4.78 is 44.6. The van der Waals surface area contributed by atoms with Crippen LogP contribution in [0.15, 0.2) is 76.8 Å². The molecule has 5 nitrogen and oxygen atoms in total. The molecule has 0 unspecified atom stereocenters. The molecule has 0 aliphatic heterocycles. The molecule has 3 aromatic carbocycles. The molecular weight excluding hydrogens is 455 g/mol. The number of nitrogens with zero attached hydrogens (tertiary/aromatic N) is 2. The van der Waals surface area contributed by atoms with Gasteiger partial charge in [-0.25, -0.2) is 0 Å². The fourth-order valence-electron chi connectivity index (χ4n) is 3.18. The first-order valence-electron chi connectivity index (χ1n) is 9.51. The average molecular weight is 468 g/mol. The fraction of sp³-hybridized carbons (Fsp3) is 0.0417. The van der Waals surface area contributed by atoms with E-state index < -0.39 is 22.7 Å². The van der Waals surface area contributed by atoms with Crippen LogP contribution in [0.2, 0.25) is 5.02 Å². The van der Waals surface area contributed by atoms with Gasteiger partial charge in [0.1, 0.15) is 17.2 Å². The molecule has 33 heavy (non-hydrogen) atoms. The number of hydrogen-bond acceptors (Lipinski definition) is 4. The molecule has 0 saturated carbocycles. The molecule has 4 rings (SSSR count). The monoisotopic (exact) mass is 467 g/mol. The van der Waals surface area contributed by atoms with Crippen molar-refractivity contribution in [3.63, 3.8) is 0 Å². The first-order valence-corrected chi connectivity index (χ1v) is 9.89. The SMILES string of the molecule is N#C/C(=C\c1ccc2noc(-c3ccccc3)c2c1)C(=O)Nc1ccc(Cl)c(C(F)(F)F)c1. The number of nitrogens with one attached hydrogen (secondary N) is 1. The lowest BCUT2D eigenvalue weighted by Gasteiger charge is -2.11. The van der Waals surface area contributed by atoms with Crippen molar-refractivity contribution in [3.8, 4) is 17.4 Å². The van der Waals surface area contributed by atoms with Gasteiger partial charge in [-0.1, -0.05) is 53.2 Å². The average Bonchev–Trinajstić information content (AvgIpc) is 3.21. The molecule has 1 heterocycles. The third kappa shape index (κ3) is 4.73. The lowest BCUT2D eigenvalue weighted by atomic mass is 10.0. The summed E-state index contributed by atoms with van der Waals surface area (Å²) in [6, 6.07) is 19.1. The lowest BCUT2D eigenvalue weighted by Crippen LogP contribution is -2.14. The standard InChI is InChI=1S/C24H13ClF3N3O2/c25-20-8-7-17(12-19(20)24(26,27)28)30-23(32)16(13-29)10-14-6-9-21-18(11-14)22(33-31-21)15-4-2-1-3-5-15/h1-12H,(H,30,32)/b16-10+. The maximum atomic E-state index is 13.1. The molecule has 9 heteroatoms. The number of benzene rings is 3. The second-order valence-electron chi connectivity index (χ2n) is 6.97. The van der Waals surface area contributed by atoms with Crippen molar-refractivity contribution in [3.05, 3.63) is 88.5 Å². The highest BCUT2D eigenvalue weighted by Gasteiger charge is 2.33. The highest BCUT2D eigenvalue weighted by molar-refractivity contribution is 6.31. The largest absolute Gasteiger partial charge is 0.417 e. The molecule has 0 aliphatic rings. The van der Waals surface area contributed by atoms with Crippen LogP contribution in [0.3, 0.4) is 0 Å². The van der Waals surface area contributed by atoms with Crippen LogP contribution in [0.1, 0.15) is 11.1 Å². The van der Waals surface area contributed by atoms with E-state index in [-0.39, 0.29) is 11.3 Å². The molecular formula is C24H13ClF3N3O2. The van der Waals surface area contributed by atoms with Crippen molar-refractivity contribution >= 4 is 40.2 Å². The van der Waals surface area contributed by atoms with Crippen molar-refractivity contribution in [2.75, 3.05) is 5.32 Å². The number of fused-ring (bicyclic) bond motifs is 1. The molecule has 0 fully saturated rings. The summed E-state index contributed by atoms with van der Waals surface area (Å²) in [6.45, 7) is 0. The van der Waals surface area contributed by atoms with Gasteiger partial charge in [-0.2, -0.15) is 18.4 Å². The van der Waals surface area contributed by atoms with Crippen molar-refractivity contribution in [2.45, 2.75) is 6.18 Å². The zero-order valence-electron chi connectivity index (χ0n) is 16.7. The number of carbonyl (C=O) groups is 1. The number of amides is 1. The van der Waals surface area contributed by atoms with E-state index in [4.69, 9.17) is 16.1 Å². The predicted octanol–water partition coefficient (Wildman–Crippen LogP) is 6.71. The quantitative estimate of drug-likeness (QED) is 0.267. The van der Waals surface area contributed by atoms with E-state index in [9.17, 15) is 23.2 Å². The van der Waals surface area contributed by atoms with Crippen LogP contribution >= 0.6 is 11.6 Å². The van der Waals surface area contributed by atoms with Crippen LogP contribution in [0, 0.1) is 11.3 Å². The summed E-state index contributed by atoms with van der Waals surface area (Å²) in [5.41, 5.74) is 0.393. The smallest absolute Gasteiger partial charge is 0.355 e. The topological polar surface area (TPSA) is 78.9 Å². The zero-order chi connectivity index (χ0) is 23.6. The molecule has 1 aromatic heterocycles. The van der Waals surface area contributed by atoms with Crippen LogP contribution in [0.25, 0.3) is 28.3 Å². The molecule has 0 aliphatic carbocycles. The number of hydrogen-bond donors (Lipinski definition) is 1. The van der Waals surface area contributed by atoms with Gasteiger partial charge in [0.2, 0.25) is 0 Å². The molecule has 0 radical (unpaired) electrons. The minimum atomic E-state index is -4.68. The summed E-state index contributed by atoms with van der Waals surface area (Å²) in [6.07, 6.45) is -3.35. The molecule has 1 amide bonds. The van der Waals surface area contributed by atoms with E-state index in [2.05, 4.69) is 10.5 Å². The Morgan fingerprint density at radius 2 is 1.85 bits per heavy atom. The van der Waals surface area contributed by atoms with Crippen molar-refractivity contribution in [1.82, 2.24) is 5.16 Å². The number of nitriles is 1. The third-order valence-electron chi connectivity index (χ3n) is 4.74. The Balaban J connectivity index is 1.64. The van der Waals surface area contributed by atoms with Gasteiger partial charge in [-0.3, -0.25) is 4.79 Å². The zero-order valence-corrected chi connectivity index (χ0v) is 17.4. The second kappa shape index (κ2) is 8.81. The van der Waals surface area contributed by atoms with Gasteiger partial charge in [0.15, 0.2) is 5.76 Å². The first-order chi connectivity index (χ1) is 15.8. The molecule has 0 spiro atoms. The maximum absolute atomic E-state index is 13.1. The Hall–Kier alpha value is -4.09. The van der Waals surface area contributed by atoms with Crippen molar-refractivity contribution in [2.24, 2.45) is 0 Å². The Labute approximate surface area is 190 Å². The number of alkyl halides is 3. The molecule has 0 bridgehead atoms. The number of aromatic nitrogens is 1. The Morgan fingerprint density at radius 1 is 1.09 bits per heavy atom. The van der Waals surface area contributed by atoms with E-state index in [1.54, 1.807) is 24.3 Å². The lowest BCUT2D eigenvalue weighted by molar-refractivity contribution is -0.137. The van der Waals surface area contributed by atoms with Gasteiger partial charge >= 0.3 is 6.18 Å². The van der Waals surface area contributed by atoms with E-state index >= 15 is 0 Å². The van der Waals surface area contributed by atoms with Gasteiger partial charge in [-0.05, 0) is 42.0 Å². The van der Waals surface area contributed by atoms with E-state index in [1.165, 1.54) is 12.1 Å². The maximum Gasteiger partial charge on any atom is 0.417 e. The van der Waals surface area contributed by atoms with Crippen LogP contribution < -0.4 is 5.32 Å². The Morgan fingerprint density at radius 3 is 2.55 bits per heavy atom. The van der Waals surface area contributed by atoms with Crippen LogP contribution in [0.5, 0.6) is 0 Å². The van der Waals surface area contributed by atoms with Crippen molar-refractivity contribution in [1.29, 1.82) is 5.26 Å². The molecule has 4 aromatic rings. The second-order valence-corrected chi connectivity index (χ2v) is 7.38. The summed E-state index contributed by atoms with van der Waals surface area (Å²) in [7, 11) is 0. The summed E-state index contributed by atoms with van der Waals surface area (Å²) in [5.74, 6) is -0.328. The fourth-order valence-corrected chi connectivity index (χ4v) is 3.41. The minimum absolute atomic E-state index is 0.140.